The van der Waals surface area contributed by atoms with Gasteiger partial charge < -0.3 is 14.4 Å². The summed E-state index contributed by atoms with van der Waals surface area (Å²) in [5.74, 6) is -1.43. The summed E-state index contributed by atoms with van der Waals surface area (Å²) >= 11 is 0. The number of fused-ring (bicyclic) bond motifs is 1. The van der Waals surface area contributed by atoms with Crippen molar-refractivity contribution in [2.75, 3.05) is 24.6 Å². The molecule has 11 heteroatoms. The van der Waals surface area contributed by atoms with Gasteiger partial charge in [-0.1, -0.05) is 0 Å². The zero-order valence-electron chi connectivity index (χ0n) is 17.4. The number of piperidine rings is 1. The van der Waals surface area contributed by atoms with Crippen LogP contribution >= 0.6 is 0 Å². The van der Waals surface area contributed by atoms with E-state index < -0.39 is 30.7 Å². The van der Waals surface area contributed by atoms with Crippen LogP contribution in [0.25, 0.3) is 22.2 Å². The number of anilines is 1. The molecule has 1 aliphatic heterocycles. The van der Waals surface area contributed by atoms with Crippen molar-refractivity contribution >= 4 is 22.8 Å². The van der Waals surface area contributed by atoms with E-state index in [1.165, 1.54) is 18.5 Å². The number of hydrogen-bond donors (Lipinski definition) is 1. The predicted molar refractivity (Wildman–Crippen MR) is 110 cm³/mol. The van der Waals surface area contributed by atoms with Crippen molar-refractivity contribution < 1.29 is 36.6 Å². The van der Waals surface area contributed by atoms with Crippen LogP contribution < -0.4 is 4.90 Å². The van der Waals surface area contributed by atoms with E-state index in [4.69, 9.17) is 4.42 Å². The van der Waals surface area contributed by atoms with E-state index in [0.29, 0.717) is 54.1 Å². The summed E-state index contributed by atoms with van der Waals surface area (Å²) in [6, 6.07) is 4.64. The normalized spacial score (nSPS) is 15.3. The van der Waals surface area contributed by atoms with Crippen LogP contribution in [0.4, 0.5) is 23.4 Å². The van der Waals surface area contributed by atoms with Crippen LogP contribution in [0.1, 0.15) is 25.0 Å². The minimum atomic E-state index is -4.69. The predicted octanol–water partition coefficient (Wildman–Crippen LogP) is 4.80. The van der Waals surface area contributed by atoms with Gasteiger partial charge in [0.25, 0.3) is 0 Å². The summed E-state index contributed by atoms with van der Waals surface area (Å²) in [6.07, 6.45) is -0.739. The number of benzene rings is 1. The highest BCUT2D eigenvalue weighted by atomic mass is 19.4. The topological polar surface area (TPSA) is 88.7 Å². The fourth-order valence-electron chi connectivity index (χ4n) is 3.91. The van der Waals surface area contributed by atoms with Crippen molar-refractivity contribution in [3.05, 3.63) is 42.2 Å². The smallest absolute Gasteiger partial charge is 0.481 e. The first kappa shape index (κ1) is 23.0. The van der Waals surface area contributed by atoms with Crippen molar-refractivity contribution in [1.29, 1.82) is 0 Å². The summed E-state index contributed by atoms with van der Waals surface area (Å²) in [7, 11) is 0. The monoisotopic (exact) mass is 467 g/mol. The summed E-state index contributed by atoms with van der Waals surface area (Å²) in [5.41, 5.74) is 1.46. The highest BCUT2D eigenvalue weighted by Gasteiger charge is 2.29. The van der Waals surface area contributed by atoms with E-state index in [0.717, 1.165) is 0 Å². The van der Waals surface area contributed by atoms with E-state index in [-0.39, 0.29) is 18.4 Å². The number of alkyl halides is 3. The number of hydrogen-bond acceptors (Lipinski definition) is 6. The number of aromatic nitrogens is 2. The number of halogens is 4. The van der Waals surface area contributed by atoms with Gasteiger partial charge in [0.2, 0.25) is 0 Å². The number of carboxylic acid groups (broad SMARTS) is 1. The van der Waals surface area contributed by atoms with Gasteiger partial charge in [0.05, 0.1) is 24.5 Å². The molecule has 33 heavy (non-hydrogen) atoms. The summed E-state index contributed by atoms with van der Waals surface area (Å²) in [4.78, 5) is 22.3. The van der Waals surface area contributed by atoms with Crippen LogP contribution in [0.5, 0.6) is 0 Å². The number of rotatable bonds is 7. The van der Waals surface area contributed by atoms with Gasteiger partial charge in [0.15, 0.2) is 17.2 Å². The molecular weight excluding hydrogens is 446 g/mol. The van der Waals surface area contributed by atoms with Gasteiger partial charge in [-0.15, -0.1) is 13.2 Å². The van der Waals surface area contributed by atoms with Crippen LogP contribution in [0.3, 0.4) is 0 Å². The molecule has 0 unspecified atom stereocenters. The van der Waals surface area contributed by atoms with Crippen LogP contribution in [0, 0.1) is 11.7 Å². The Morgan fingerprint density at radius 2 is 2.03 bits per heavy atom. The highest BCUT2D eigenvalue weighted by molar-refractivity contribution is 5.85. The average molecular weight is 467 g/mol. The third kappa shape index (κ3) is 5.41. The quantitative estimate of drug-likeness (QED) is 0.395. The first-order chi connectivity index (χ1) is 15.7. The molecule has 1 aliphatic rings. The lowest BCUT2D eigenvalue weighted by molar-refractivity contribution is -0.324. The zero-order chi connectivity index (χ0) is 23.6. The van der Waals surface area contributed by atoms with Crippen LogP contribution in [0.15, 0.2) is 35.1 Å². The van der Waals surface area contributed by atoms with Gasteiger partial charge in [-0.3, -0.25) is 14.5 Å². The molecule has 7 nitrogen and oxygen atoms in total. The van der Waals surface area contributed by atoms with E-state index in [9.17, 15) is 27.5 Å². The highest BCUT2D eigenvalue weighted by Crippen LogP contribution is 2.34. The molecule has 1 fully saturated rings. The van der Waals surface area contributed by atoms with Crippen molar-refractivity contribution in [3.8, 4) is 11.3 Å². The maximum absolute atomic E-state index is 14.5. The number of ether oxygens (including phenoxy) is 1. The SMILES string of the molecule is O=C(O)C1CCN(c2nc(CCCOC(F)(F)F)cnc2-c2cc(F)c3occc3c2)CC1. The number of nitrogens with zero attached hydrogens (tertiary/aromatic N) is 3. The number of carboxylic acids is 1. The van der Waals surface area contributed by atoms with E-state index in [1.807, 2.05) is 4.90 Å². The van der Waals surface area contributed by atoms with Crippen LogP contribution in [0.2, 0.25) is 0 Å². The Kier molecular flexibility index (Phi) is 6.50. The Morgan fingerprint density at radius 3 is 2.73 bits per heavy atom. The first-order valence-electron chi connectivity index (χ1n) is 10.4. The Labute approximate surface area is 186 Å². The molecule has 0 saturated carbocycles. The molecule has 0 bridgehead atoms. The van der Waals surface area contributed by atoms with Crippen LogP contribution in [-0.4, -0.2) is 47.1 Å². The van der Waals surface area contributed by atoms with Crippen molar-refractivity contribution in [3.63, 3.8) is 0 Å². The maximum Gasteiger partial charge on any atom is 0.522 e. The second-order valence-corrected chi connectivity index (χ2v) is 7.83. The van der Waals surface area contributed by atoms with Gasteiger partial charge in [-0.05, 0) is 43.9 Å². The molecule has 176 valence electrons. The largest absolute Gasteiger partial charge is 0.522 e. The van der Waals surface area contributed by atoms with Crippen molar-refractivity contribution in [2.45, 2.75) is 32.0 Å². The molecule has 1 aromatic carbocycles. The molecule has 1 saturated heterocycles. The summed E-state index contributed by atoms with van der Waals surface area (Å²) in [6.45, 7) is 0.320. The van der Waals surface area contributed by atoms with Gasteiger partial charge >= 0.3 is 12.3 Å². The van der Waals surface area contributed by atoms with Gasteiger partial charge in [0.1, 0.15) is 5.69 Å². The van der Waals surface area contributed by atoms with E-state index >= 15 is 0 Å². The van der Waals surface area contributed by atoms with Gasteiger partial charge in [0, 0.05) is 30.2 Å². The molecular formula is C22H21F4N3O4. The number of aliphatic carboxylic acids is 1. The fourth-order valence-corrected chi connectivity index (χ4v) is 3.91. The molecule has 3 heterocycles. The molecule has 3 aromatic rings. The first-order valence-corrected chi connectivity index (χ1v) is 10.4. The third-order valence-corrected chi connectivity index (χ3v) is 5.57. The maximum atomic E-state index is 14.5. The lowest BCUT2D eigenvalue weighted by Crippen LogP contribution is -2.37. The number of aryl methyl sites for hydroxylation is 1. The zero-order valence-corrected chi connectivity index (χ0v) is 17.4. The second-order valence-electron chi connectivity index (χ2n) is 7.83. The molecule has 0 aliphatic carbocycles. The van der Waals surface area contributed by atoms with Gasteiger partial charge in [-0.25, -0.2) is 9.37 Å². The third-order valence-electron chi connectivity index (χ3n) is 5.57. The second kappa shape index (κ2) is 9.34. The standard InChI is InChI=1S/C22H21F4N3O4/c23-17-11-15(10-14-5-9-32-19(14)17)18-20(29-6-3-13(4-7-29)21(30)31)28-16(12-27-18)2-1-8-33-22(24,25)26/h5,9-13H,1-4,6-8H2,(H,30,31). The molecule has 0 amide bonds. The molecule has 1 N–H and O–H groups in total. The van der Waals surface area contributed by atoms with Gasteiger partial charge in [-0.2, -0.15) is 0 Å². The Bertz CT molecular complexity index is 1140. The number of furan rings is 1. The molecule has 2 aromatic heterocycles. The summed E-state index contributed by atoms with van der Waals surface area (Å²) < 4.78 is 60.1. The fraction of sp³-hybridized carbons (Fsp3) is 0.409. The Balaban J connectivity index is 1.62. The molecule has 0 radical (unpaired) electrons. The minimum absolute atomic E-state index is 0.0870. The lowest BCUT2D eigenvalue weighted by Gasteiger charge is -2.32. The summed E-state index contributed by atoms with van der Waals surface area (Å²) in [5, 5.41) is 9.82. The Morgan fingerprint density at radius 1 is 1.27 bits per heavy atom. The molecule has 4 rings (SSSR count). The number of carbonyl (C=O) groups is 1. The van der Waals surface area contributed by atoms with E-state index in [2.05, 4.69) is 14.7 Å². The van der Waals surface area contributed by atoms with E-state index in [1.54, 1.807) is 12.1 Å². The van der Waals surface area contributed by atoms with Crippen LogP contribution in [-0.2, 0) is 16.0 Å². The van der Waals surface area contributed by atoms with Crippen molar-refractivity contribution in [1.82, 2.24) is 9.97 Å². The lowest BCUT2D eigenvalue weighted by atomic mass is 9.96. The van der Waals surface area contributed by atoms with Crippen molar-refractivity contribution in [2.24, 2.45) is 5.92 Å². The average Bonchev–Trinajstić information content (AvgIpc) is 3.25. The Hall–Kier alpha value is -3.21. The molecule has 0 atom stereocenters. The molecule has 0 spiro atoms. The minimum Gasteiger partial charge on any atom is -0.481 e.